The number of hydrogen-bond acceptors (Lipinski definition) is 7. The number of anilines is 1. The van der Waals surface area contributed by atoms with Gasteiger partial charge in [0.05, 0.1) is 18.3 Å². The Kier molecular flexibility index (Phi) is 4.55. The Labute approximate surface area is 148 Å². The van der Waals surface area contributed by atoms with E-state index in [1.54, 1.807) is 22.9 Å². The van der Waals surface area contributed by atoms with Crippen LogP contribution in [0.25, 0.3) is 10.2 Å². The van der Waals surface area contributed by atoms with Crippen molar-refractivity contribution in [2.45, 2.75) is 6.54 Å². The van der Waals surface area contributed by atoms with E-state index in [-0.39, 0.29) is 11.4 Å². The summed E-state index contributed by atoms with van der Waals surface area (Å²) in [4.78, 5) is 48.7. The van der Waals surface area contributed by atoms with Gasteiger partial charge in [-0.2, -0.15) is 0 Å². The third kappa shape index (κ3) is 3.01. The molecule has 0 spiro atoms. The van der Waals surface area contributed by atoms with Crippen LogP contribution in [0.4, 0.5) is 5.69 Å². The molecule has 10 heteroatoms. The van der Waals surface area contributed by atoms with Crippen LogP contribution < -0.4 is 16.6 Å². The van der Waals surface area contributed by atoms with Gasteiger partial charge in [-0.25, -0.2) is 9.59 Å². The Hall–Kier alpha value is -2.72. The summed E-state index contributed by atoms with van der Waals surface area (Å²) in [5.41, 5.74) is -0.241. The monoisotopic (exact) mass is 379 g/mol. The highest BCUT2D eigenvalue weighted by atomic mass is 32.1. The Morgan fingerprint density at radius 3 is 2.64 bits per heavy atom. The predicted octanol–water partition coefficient (Wildman–Crippen LogP) is 1.25. The van der Waals surface area contributed by atoms with Gasteiger partial charge in [0, 0.05) is 7.05 Å². The number of amides is 1. The summed E-state index contributed by atoms with van der Waals surface area (Å²) < 4.78 is 7.26. The lowest BCUT2D eigenvalue weighted by Crippen LogP contribution is -2.39. The van der Waals surface area contributed by atoms with E-state index >= 15 is 0 Å². The van der Waals surface area contributed by atoms with Crippen molar-refractivity contribution in [3.05, 3.63) is 48.6 Å². The Morgan fingerprint density at radius 1 is 1.20 bits per heavy atom. The van der Waals surface area contributed by atoms with E-state index in [9.17, 15) is 19.2 Å². The highest BCUT2D eigenvalue weighted by Crippen LogP contribution is 2.23. The zero-order chi connectivity index (χ0) is 18.1. The quantitative estimate of drug-likeness (QED) is 0.688. The van der Waals surface area contributed by atoms with Gasteiger partial charge >= 0.3 is 11.7 Å². The lowest BCUT2D eigenvalue weighted by Gasteiger charge is -2.10. The molecule has 0 saturated heterocycles. The molecule has 3 rings (SSSR count). The zero-order valence-electron chi connectivity index (χ0n) is 13.3. The third-order valence-electron chi connectivity index (χ3n) is 3.56. The summed E-state index contributed by atoms with van der Waals surface area (Å²) >= 11 is 2.35. The van der Waals surface area contributed by atoms with Crippen molar-refractivity contribution >= 4 is 50.5 Å². The second-order valence-corrected chi connectivity index (χ2v) is 6.90. The Morgan fingerprint density at radius 2 is 1.92 bits per heavy atom. The van der Waals surface area contributed by atoms with Gasteiger partial charge in [0.15, 0.2) is 0 Å². The molecule has 0 fully saturated rings. The smallest absolute Gasteiger partial charge is 0.350 e. The van der Waals surface area contributed by atoms with E-state index in [0.717, 1.165) is 15.9 Å². The number of aromatic nitrogens is 2. The fraction of sp³-hybridized carbons (Fsp3) is 0.200. The molecule has 3 heterocycles. The summed E-state index contributed by atoms with van der Waals surface area (Å²) in [6.45, 7) is -0.281. The minimum Gasteiger partial charge on any atom is -0.465 e. The van der Waals surface area contributed by atoms with E-state index in [1.165, 1.54) is 30.1 Å². The van der Waals surface area contributed by atoms with Crippen molar-refractivity contribution in [1.82, 2.24) is 9.13 Å². The summed E-state index contributed by atoms with van der Waals surface area (Å²) in [6.07, 6.45) is 0. The zero-order valence-corrected chi connectivity index (χ0v) is 14.9. The van der Waals surface area contributed by atoms with Crippen molar-refractivity contribution < 1.29 is 14.3 Å². The lowest BCUT2D eigenvalue weighted by molar-refractivity contribution is -0.116. The molecule has 0 aliphatic rings. The molecule has 130 valence electrons. The maximum Gasteiger partial charge on any atom is 0.350 e. The van der Waals surface area contributed by atoms with Crippen molar-refractivity contribution in [2.24, 2.45) is 7.05 Å². The van der Waals surface area contributed by atoms with Crippen molar-refractivity contribution in [3.8, 4) is 0 Å². The number of thiophene rings is 2. The van der Waals surface area contributed by atoms with Gasteiger partial charge in [-0.15, -0.1) is 22.7 Å². The Balaban J connectivity index is 1.93. The number of carbonyl (C=O) groups is 2. The third-order valence-corrected chi connectivity index (χ3v) is 5.35. The molecule has 25 heavy (non-hydrogen) atoms. The molecule has 0 saturated carbocycles. The summed E-state index contributed by atoms with van der Waals surface area (Å²) in [6, 6.07) is 3.21. The molecule has 0 aromatic carbocycles. The first-order chi connectivity index (χ1) is 11.9. The van der Waals surface area contributed by atoms with Gasteiger partial charge in [0.25, 0.3) is 5.56 Å². The van der Waals surface area contributed by atoms with E-state index in [2.05, 4.69) is 10.1 Å². The minimum absolute atomic E-state index is 0.268. The number of nitrogens with one attached hydrogen (secondary N) is 1. The van der Waals surface area contributed by atoms with Gasteiger partial charge in [-0.3, -0.25) is 18.7 Å². The van der Waals surface area contributed by atoms with Crippen LogP contribution in [0.2, 0.25) is 0 Å². The molecule has 3 aromatic heterocycles. The highest BCUT2D eigenvalue weighted by molar-refractivity contribution is 7.17. The van der Waals surface area contributed by atoms with Crippen LogP contribution in [-0.4, -0.2) is 28.1 Å². The van der Waals surface area contributed by atoms with E-state index in [4.69, 9.17) is 0 Å². The van der Waals surface area contributed by atoms with Gasteiger partial charge in [-0.05, 0) is 22.9 Å². The van der Waals surface area contributed by atoms with Crippen LogP contribution in [0, 0.1) is 0 Å². The number of nitrogens with zero attached hydrogens (tertiary/aromatic N) is 2. The second kappa shape index (κ2) is 6.65. The van der Waals surface area contributed by atoms with Gasteiger partial charge in [-0.1, -0.05) is 0 Å². The maximum absolute atomic E-state index is 12.4. The number of hydrogen-bond donors (Lipinski definition) is 1. The molecule has 0 atom stereocenters. The van der Waals surface area contributed by atoms with E-state index in [0.29, 0.717) is 15.9 Å². The van der Waals surface area contributed by atoms with Gasteiger partial charge in [0.1, 0.15) is 16.1 Å². The normalized spacial score (nSPS) is 10.8. The second-order valence-electron chi connectivity index (χ2n) is 5.07. The summed E-state index contributed by atoms with van der Waals surface area (Å²) in [5, 5.41) is 5.94. The fourth-order valence-electron chi connectivity index (χ4n) is 2.34. The highest BCUT2D eigenvalue weighted by Gasteiger charge is 2.18. The standard InChI is InChI=1S/C15H13N3O5S2/c1-17-13(20)12-9(4-6-25-12)18(15(17)22)7-10(19)16-8-3-5-24-11(8)14(21)23-2/h3-6H,7H2,1-2H3,(H,16,19). The average Bonchev–Trinajstić information content (AvgIpc) is 3.25. The van der Waals surface area contributed by atoms with Crippen LogP contribution in [0.1, 0.15) is 9.67 Å². The van der Waals surface area contributed by atoms with Crippen LogP contribution in [0.5, 0.6) is 0 Å². The first-order valence-electron chi connectivity index (χ1n) is 7.06. The molecule has 8 nitrogen and oxygen atoms in total. The van der Waals surface area contributed by atoms with Crippen molar-refractivity contribution in [2.75, 3.05) is 12.4 Å². The number of fused-ring (bicyclic) bond motifs is 1. The van der Waals surface area contributed by atoms with E-state index in [1.807, 2.05) is 0 Å². The largest absolute Gasteiger partial charge is 0.465 e. The predicted molar refractivity (Wildman–Crippen MR) is 95.6 cm³/mol. The number of carbonyl (C=O) groups excluding carboxylic acids is 2. The molecule has 0 bridgehead atoms. The van der Waals surface area contributed by atoms with Crippen molar-refractivity contribution in [3.63, 3.8) is 0 Å². The molecule has 0 unspecified atom stereocenters. The van der Waals surface area contributed by atoms with Crippen LogP contribution in [0.15, 0.2) is 32.5 Å². The fourth-order valence-corrected chi connectivity index (χ4v) is 3.98. The molecule has 0 aliphatic heterocycles. The molecule has 3 aromatic rings. The number of methoxy groups -OCH3 is 1. The molecule has 0 radical (unpaired) electrons. The maximum atomic E-state index is 12.4. The van der Waals surface area contributed by atoms with Crippen molar-refractivity contribution in [1.29, 1.82) is 0 Å². The number of rotatable bonds is 4. The average molecular weight is 379 g/mol. The molecular weight excluding hydrogens is 366 g/mol. The van der Waals surface area contributed by atoms with Gasteiger partial charge in [0.2, 0.25) is 5.91 Å². The molecule has 1 amide bonds. The SMILES string of the molecule is COC(=O)c1sccc1NC(=O)Cn1c(=O)n(C)c(=O)c2sccc21. The van der Waals surface area contributed by atoms with E-state index < -0.39 is 23.1 Å². The summed E-state index contributed by atoms with van der Waals surface area (Å²) in [5.74, 6) is -1.04. The Bertz CT molecular complexity index is 1090. The summed E-state index contributed by atoms with van der Waals surface area (Å²) in [7, 11) is 2.62. The van der Waals surface area contributed by atoms with Gasteiger partial charge < -0.3 is 10.1 Å². The first-order valence-corrected chi connectivity index (χ1v) is 8.82. The first kappa shape index (κ1) is 17.1. The topological polar surface area (TPSA) is 99.4 Å². The lowest BCUT2D eigenvalue weighted by atomic mass is 10.3. The molecule has 0 aliphatic carbocycles. The minimum atomic E-state index is -0.579. The number of ether oxygens (including phenoxy) is 1. The molecule has 1 N–H and O–H groups in total. The van der Waals surface area contributed by atoms with Crippen LogP contribution >= 0.6 is 22.7 Å². The van der Waals surface area contributed by atoms with Crippen LogP contribution in [0.3, 0.4) is 0 Å². The number of esters is 1. The van der Waals surface area contributed by atoms with Crippen LogP contribution in [-0.2, 0) is 23.1 Å². The molecular formula is C15H13N3O5S2.